The second-order valence-corrected chi connectivity index (χ2v) is 6.60. The second-order valence-electron chi connectivity index (χ2n) is 4.89. The minimum absolute atomic E-state index is 0.106. The van der Waals surface area contributed by atoms with E-state index < -0.39 is 10.0 Å². The predicted molar refractivity (Wildman–Crippen MR) is 72.9 cm³/mol. The molecule has 1 fully saturated rings. The highest BCUT2D eigenvalue weighted by molar-refractivity contribution is 7.89. The molecule has 1 aliphatic carbocycles. The highest BCUT2D eigenvalue weighted by atomic mass is 32.2. The fraction of sp³-hybridized carbons (Fsp3) is 0.429. The van der Waals surface area contributed by atoms with E-state index in [0.29, 0.717) is 4.90 Å². The maximum atomic E-state index is 12.2. The first-order chi connectivity index (χ1) is 8.49. The average molecular weight is 265 g/mol. The van der Waals surface area contributed by atoms with Crippen molar-refractivity contribution in [3.05, 3.63) is 42.0 Å². The predicted octanol–water partition coefficient (Wildman–Crippen LogP) is 2.77. The topological polar surface area (TPSA) is 46.2 Å². The summed E-state index contributed by atoms with van der Waals surface area (Å²) in [5.74, 6) is 0. The molecule has 1 N–H and O–H groups in total. The van der Waals surface area contributed by atoms with Crippen LogP contribution in [-0.4, -0.2) is 14.5 Å². The molecule has 0 amide bonds. The zero-order valence-corrected chi connectivity index (χ0v) is 11.5. The molecule has 98 valence electrons. The lowest BCUT2D eigenvalue weighted by Gasteiger charge is -2.25. The first kappa shape index (κ1) is 13.3. The van der Waals surface area contributed by atoms with E-state index in [2.05, 4.69) is 11.3 Å². The van der Waals surface area contributed by atoms with Crippen molar-refractivity contribution in [2.24, 2.45) is 0 Å². The SMILES string of the molecule is C=C1CCCCC1NS(=O)(=O)c1ccc(C)cc1. The van der Waals surface area contributed by atoms with Gasteiger partial charge in [-0.15, -0.1) is 0 Å². The number of rotatable bonds is 3. The van der Waals surface area contributed by atoms with Crippen LogP contribution in [0.2, 0.25) is 0 Å². The molecule has 0 aliphatic heterocycles. The summed E-state index contributed by atoms with van der Waals surface area (Å²) >= 11 is 0. The van der Waals surface area contributed by atoms with Gasteiger partial charge in [-0.1, -0.05) is 36.3 Å². The number of hydrogen-bond acceptors (Lipinski definition) is 2. The summed E-state index contributed by atoms with van der Waals surface area (Å²) in [6.45, 7) is 5.90. The Morgan fingerprint density at radius 3 is 2.50 bits per heavy atom. The second kappa shape index (κ2) is 5.24. The summed E-state index contributed by atoms with van der Waals surface area (Å²) in [7, 11) is -3.42. The first-order valence-electron chi connectivity index (χ1n) is 6.26. The van der Waals surface area contributed by atoms with Crippen molar-refractivity contribution in [3.8, 4) is 0 Å². The average Bonchev–Trinajstić information content (AvgIpc) is 2.32. The fourth-order valence-corrected chi connectivity index (χ4v) is 3.48. The molecule has 0 radical (unpaired) electrons. The Hall–Kier alpha value is -1.13. The van der Waals surface area contributed by atoms with Crippen LogP contribution in [0.1, 0.15) is 31.2 Å². The van der Waals surface area contributed by atoms with Gasteiger partial charge in [-0.05, 0) is 38.3 Å². The lowest BCUT2D eigenvalue weighted by Crippen LogP contribution is -2.37. The van der Waals surface area contributed by atoms with Crippen molar-refractivity contribution >= 4 is 10.0 Å². The van der Waals surface area contributed by atoms with Gasteiger partial charge < -0.3 is 0 Å². The van der Waals surface area contributed by atoms with E-state index in [9.17, 15) is 8.42 Å². The van der Waals surface area contributed by atoms with Crippen LogP contribution in [0.15, 0.2) is 41.3 Å². The highest BCUT2D eigenvalue weighted by Crippen LogP contribution is 2.23. The van der Waals surface area contributed by atoms with Gasteiger partial charge >= 0.3 is 0 Å². The van der Waals surface area contributed by atoms with E-state index in [-0.39, 0.29) is 6.04 Å². The Bertz CT molecular complexity index is 531. The number of sulfonamides is 1. The molecule has 0 bridgehead atoms. The third-order valence-corrected chi connectivity index (χ3v) is 4.85. The van der Waals surface area contributed by atoms with Crippen LogP contribution in [0.4, 0.5) is 0 Å². The van der Waals surface area contributed by atoms with Crippen molar-refractivity contribution in [1.82, 2.24) is 4.72 Å². The smallest absolute Gasteiger partial charge is 0.207 e. The molecule has 1 saturated carbocycles. The third kappa shape index (κ3) is 3.00. The number of nitrogens with one attached hydrogen (secondary N) is 1. The standard InChI is InChI=1S/C14H19NO2S/c1-11-7-9-13(10-8-11)18(16,17)15-14-6-4-3-5-12(14)2/h7-10,14-15H,2-6H2,1H3. The Kier molecular flexibility index (Phi) is 3.88. The van der Waals surface area contributed by atoms with Crippen LogP contribution < -0.4 is 4.72 Å². The Morgan fingerprint density at radius 1 is 1.22 bits per heavy atom. The van der Waals surface area contributed by atoms with E-state index >= 15 is 0 Å². The molecule has 0 spiro atoms. The minimum atomic E-state index is -3.42. The van der Waals surface area contributed by atoms with Gasteiger partial charge in [0.2, 0.25) is 10.0 Å². The molecule has 1 unspecified atom stereocenters. The zero-order chi connectivity index (χ0) is 13.2. The number of benzene rings is 1. The molecule has 2 rings (SSSR count). The quantitative estimate of drug-likeness (QED) is 0.854. The Balaban J connectivity index is 2.16. The monoisotopic (exact) mass is 265 g/mol. The molecular weight excluding hydrogens is 246 g/mol. The van der Waals surface area contributed by atoms with Crippen molar-refractivity contribution < 1.29 is 8.42 Å². The molecule has 0 heterocycles. The molecule has 0 aromatic heterocycles. The molecule has 4 heteroatoms. The molecule has 3 nitrogen and oxygen atoms in total. The summed E-state index contributed by atoms with van der Waals surface area (Å²) in [6, 6.07) is 6.80. The minimum Gasteiger partial charge on any atom is -0.207 e. The van der Waals surface area contributed by atoms with E-state index in [1.165, 1.54) is 0 Å². The van der Waals surface area contributed by atoms with Gasteiger partial charge in [0.15, 0.2) is 0 Å². The van der Waals surface area contributed by atoms with Gasteiger partial charge in [-0.25, -0.2) is 13.1 Å². The Labute approximate surface area is 109 Å². The maximum absolute atomic E-state index is 12.2. The zero-order valence-electron chi connectivity index (χ0n) is 10.6. The summed E-state index contributed by atoms with van der Waals surface area (Å²) in [6.07, 6.45) is 3.94. The van der Waals surface area contributed by atoms with Crippen LogP contribution in [0, 0.1) is 6.92 Å². The molecule has 18 heavy (non-hydrogen) atoms. The van der Waals surface area contributed by atoms with Crippen molar-refractivity contribution in [2.45, 2.75) is 43.5 Å². The normalized spacial score (nSPS) is 20.9. The summed E-state index contributed by atoms with van der Waals surface area (Å²) in [5, 5.41) is 0. The lowest BCUT2D eigenvalue weighted by atomic mass is 9.92. The summed E-state index contributed by atoms with van der Waals surface area (Å²) in [5.41, 5.74) is 2.05. The van der Waals surface area contributed by atoms with E-state index in [1.54, 1.807) is 12.1 Å². The largest absolute Gasteiger partial charge is 0.241 e. The number of aryl methyl sites for hydroxylation is 1. The van der Waals surface area contributed by atoms with Crippen LogP contribution in [0.3, 0.4) is 0 Å². The van der Waals surface area contributed by atoms with Crippen molar-refractivity contribution in [1.29, 1.82) is 0 Å². The van der Waals surface area contributed by atoms with E-state index in [1.807, 2.05) is 19.1 Å². The van der Waals surface area contributed by atoms with Crippen LogP contribution >= 0.6 is 0 Å². The molecule has 1 atom stereocenters. The van der Waals surface area contributed by atoms with Crippen molar-refractivity contribution in [3.63, 3.8) is 0 Å². The maximum Gasteiger partial charge on any atom is 0.241 e. The van der Waals surface area contributed by atoms with E-state index in [4.69, 9.17) is 0 Å². The molecule has 1 aromatic rings. The Morgan fingerprint density at radius 2 is 1.89 bits per heavy atom. The van der Waals surface area contributed by atoms with Gasteiger partial charge in [-0.2, -0.15) is 0 Å². The number of hydrogen-bond donors (Lipinski definition) is 1. The van der Waals surface area contributed by atoms with Crippen LogP contribution in [0.25, 0.3) is 0 Å². The van der Waals surface area contributed by atoms with E-state index in [0.717, 1.165) is 36.8 Å². The summed E-state index contributed by atoms with van der Waals surface area (Å²) < 4.78 is 27.2. The summed E-state index contributed by atoms with van der Waals surface area (Å²) in [4.78, 5) is 0.325. The van der Waals surface area contributed by atoms with Gasteiger partial charge in [0.25, 0.3) is 0 Å². The first-order valence-corrected chi connectivity index (χ1v) is 7.74. The van der Waals surface area contributed by atoms with Gasteiger partial charge in [0, 0.05) is 6.04 Å². The molecule has 1 aliphatic rings. The van der Waals surface area contributed by atoms with Crippen molar-refractivity contribution in [2.75, 3.05) is 0 Å². The molecular formula is C14H19NO2S. The molecule has 1 aromatic carbocycles. The lowest BCUT2D eigenvalue weighted by molar-refractivity contribution is 0.495. The third-order valence-electron chi connectivity index (χ3n) is 3.36. The van der Waals surface area contributed by atoms with Crippen LogP contribution in [0.5, 0.6) is 0 Å². The van der Waals surface area contributed by atoms with Gasteiger partial charge in [-0.3, -0.25) is 0 Å². The van der Waals surface area contributed by atoms with Gasteiger partial charge in [0.1, 0.15) is 0 Å². The highest BCUT2D eigenvalue weighted by Gasteiger charge is 2.23. The molecule has 0 saturated heterocycles. The fourth-order valence-electron chi connectivity index (χ4n) is 2.19. The van der Waals surface area contributed by atoms with Gasteiger partial charge in [0.05, 0.1) is 4.90 Å². The van der Waals surface area contributed by atoms with Crippen LogP contribution in [-0.2, 0) is 10.0 Å².